The molecule has 0 atom stereocenters. The number of hydrogen-bond donors (Lipinski definition) is 0. The van der Waals surface area contributed by atoms with Crippen molar-refractivity contribution in [2.45, 2.75) is 6.54 Å². The minimum absolute atomic E-state index is 0.123. The number of halogens is 1. The first-order valence-electron chi connectivity index (χ1n) is 7.79. The molecule has 0 saturated carbocycles. The zero-order chi connectivity index (χ0) is 17.8. The van der Waals surface area contributed by atoms with Crippen molar-refractivity contribution in [1.29, 1.82) is 0 Å². The molecule has 0 spiro atoms. The second-order valence-corrected chi connectivity index (χ2v) is 5.52. The fraction of sp³-hybridized carbons (Fsp3) is 0.150. The highest BCUT2D eigenvalue weighted by Crippen LogP contribution is 2.22. The van der Waals surface area contributed by atoms with E-state index in [0.29, 0.717) is 11.9 Å². The van der Waals surface area contributed by atoms with Gasteiger partial charge in [0, 0.05) is 18.1 Å². The summed E-state index contributed by atoms with van der Waals surface area (Å²) in [5.41, 5.74) is 2.63. The molecule has 128 valence electrons. The molecule has 0 N–H and O–H groups in total. The number of hydrogen-bond acceptors (Lipinski definition) is 3. The molecule has 1 heterocycles. The Bertz CT molecular complexity index is 943. The Balaban J connectivity index is 2.00. The van der Waals surface area contributed by atoms with Gasteiger partial charge in [0.05, 0.1) is 19.7 Å². The lowest BCUT2D eigenvalue weighted by Gasteiger charge is -2.10. The Morgan fingerprint density at radius 2 is 1.88 bits per heavy atom. The second kappa shape index (κ2) is 7.21. The lowest BCUT2D eigenvalue weighted by molar-refractivity contribution is -0.139. The fourth-order valence-corrected chi connectivity index (χ4v) is 2.77. The largest absolute Gasteiger partial charge is 0.490 e. The molecule has 1 aromatic heterocycles. The second-order valence-electron chi connectivity index (χ2n) is 5.52. The number of fused-ring (bicyclic) bond motifs is 1. The molecular weight excluding hydrogens is 321 g/mol. The number of carbonyl (C=O) groups excluding carboxylic acids is 1. The van der Waals surface area contributed by atoms with Crippen LogP contribution in [0.4, 0.5) is 4.39 Å². The Hall–Kier alpha value is -3.08. The summed E-state index contributed by atoms with van der Waals surface area (Å²) in [6.07, 6.45) is 3.50. The van der Waals surface area contributed by atoms with Crippen LogP contribution in [0.1, 0.15) is 11.1 Å². The zero-order valence-electron chi connectivity index (χ0n) is 14.0. The van der Waals surface area contributed by atoms with Crippen LogP contribution in [0.25, 0.3) is 17.0 Å². The first-order valence-corrected chi connectivity index (χ1v) is 7.79. The number of carbonyl (C=O) groups is 1. The van der Waals surface area contributed by atoms with Gasteiger partial charge in [0.2, 0.25) is 5.76 Å². The molecule has 0 radical (unpaired) electrons. The summed E-state index contributed by atoms with van der Waals surface area (Å²) in [7, 11) is 2.73. The van der Waals surface area contributed by atoms with Crippen LogP contribution in [-0.4, -0.2) is 24.8 Å². The monoisotopic (exact) mass is 339 g/mol. The average molecular weight is 339 g/mol. The molecule has 3 rings (SSSR count). The molecule has 0 amide bonds. The van der Waals surface area contributed by atoms with E-state index in [2.05, 4.69) is 0 Å². The van der Waals surface area contributed by atoms with Gasteiger partial charge in [0.25, 0.3) is 0 Å². The van der Waals surface area contributed by atoms with Crippen LogP contribution < -0.4 is 0 Å². The van der Waals surface area contributed by atoms with Gasteiger partial charge in [-0.05, 0) is 35.4 Å². The van der Waals surface area contributed by atoms with Crippen molar-refractivity contribution in [3.63, 3.8) is 0 Å². The quantitative estimate of drug-likeness (QED) is 0.401. The molecule has 0 saturated heterocycles. The number of nitrogens with zero attached hydrogens (tertiary/aromatic N) is 1. The maximum atomic E-state index is 13.9. The number of aromatic nitrogens is 1. The summed E-state index contributed by atoms with van der Waals surface area (Å²) in [6, 6.07) is 14.4. The van der Waals surface area contributed by atoms with Gasteiger partial charge >= 0.3 is 5.97 Å². The Morgan fingerprint density at radius 3 is 2.64 bits per heavy atom. The van der Waals surface area contributed by atoms with E-state index in [1.807, 2.05) is 41.1 Å². The maximum Gasteiger partial charge on any atom is 0.373 e. The molecule has 25 heavy (non-hydrogen) atoms. The lowest BCUT2D eigenvalue weighted by atomic mass is 10.1. The van der Waals surface area contributed by atoms with Crippen molar-refractivity contribution in [2.24, 2.45) is 0 Å². The minimum atomic E-state index is -0.536. The molecule has 0 aliphatic rings. The SMILES string of the molecule is COC(=O)C(=Cc1ccccc1Cn1ccc2c(F)cccc21)OC. The fourth-order valence-electron chi connectivity index (χ4n) is 2.77. The number of benzene rings is 2. The highest BCUT2D eigenvalue weighted by Gasteiger charge is 2.12. The third-order valence-electron chi connectivity index (χ3n) is 4.05. The summed E-state index contributed by atoms with van der Waals surface area (Å²) in [4.78, 5) is 11.7. The third-order valence-corrected chi connectivity index (χ3v) is 4.05. The van der Waals surface area contributed by atoms with Crippen molar-refractivity contribution in [2.75, 3.05) is 14.2 Å². The normalized spacial score (nSPS) is 11.6. The van der Waals surface area contributed by atoms with E-state index in [4.69, 9.17) is 9.47 Å². The molecule has 0 aliphatic heterocycles. The van der Waals surface area contributed by atoms with E-state index in [1.54, 1.807) is 18.2 Å². The maximum absolute atomic E-state index is 13.9. The van der Waals surface area contributed by atoms with Crippen molar-refractivity contribution in [3.8, 4) is 0 Å². The standard InChI is InChI=1S/C20H18FNO3/c1-24-19(20(23)25-2)12-14-6-3-4-7-15(14)13-22-11-10-16-17(21)8-5-9-18(16)22/h3-12H,13H2,1-2H3. The minimum Gasteiger partial charge on any atom is -0.490 e. The van der Waals surface area contributed by atoms with Crippen LogP contribution in [0.5, 0.6) is 0 Å². The van der Waals surface area contributed by atoms with Gasteiger partial charge in [-0.1, -0.05) is 30.3 Å². The van der Waals surface area contributed by atoms with Crippen molar-refractivity contribution < 1.29 is 18.7 Å². The van der Waals surface area contributed by atoms with Gasteiger partial charge in [0.1, 0.15) is 5.82 Å². The van der Waals surface area contributed by atoms with Gasteiger partial charge < -0.3 is 14.0 Å². The van der Waals surface area contributed by atoms with Crippen LogP contribution >= 0.6 is 0 Å². The van der Waals surface area contributed by atoms with Gasteiger partial charge in [-0.3, -0.25) is 0 Å². The van der Waals surface area contributed by atoms with Gasteiger partial charge in [-0.25, -0.2) is 9.18 Å². The molecule has 2 aromatic carbocycles. The van der Waals surface area contributed by atoms with E-state index >= 15 is 0 Å². The molecule has 0 bridgehead atoms. The summed E-state index contributed by atoms with van der Waals surface area (Å²) in [6.45, 7) is 0.539. The Kier molecular flexibility index (Phi) is 4.84. The summed E-state index contributed by atoms with van der Waals surface area (Å²) < 4.78 is 25.7. The van der Waals surface area contributed by atoms with E-state index in [0.717, 1.165) is 16.6 Å². The van der Waals surface area contributed by atoms with E-state index < -0.39 is 5.97 Å². The number of methoxy groups -OCH3 is 2. The number of rotatable bonds is 5. The summed E-state index contributed by atoms with van der Waals surface area (Å²) in [5, 5.41) is 0.586. The van der Waals surface area contributed by atoms with Crippen molar-refractivity contribution in [1.82, 2.24) is 4.57 Å². The predicted octanol–water partition coefficient (Wildman–Crippen LogP) is 3.99. The zero-order valence-corrected chi connectivity index (χ0v) is 14.0. The van der Waals surface area contributed by atoms with Gasteiger partial charge in [-0.15, -0.1) is 0 Å². The Morgan fingerprint density at radius 1 is 1.08 bits per heavy atom. The van der Waals surface area contributed by atoms with E-state index in [9.17, 15) is 9.18 Å². The number of esters is 1. The lowest BCUT2D eigenvalue weighted by Crippen LogP contribution is -2.07. The highest BCUT2D eigenvalue weighted by molar-refractivity contribution is 5.91. The van der Waals surface area contributed by atoms with E-state index in [-0.39, 0.29) is 11.6 Å². The highest BCUT2D eigenvalue weighted by atomic mass is 19.1. The van der Waals surface area contributed by atoms with Crippen molar-refractivity contribution in [3.05, 3.63) is 77.4 Å². The third kappa shape index (κ3) is 3.40. The Labute approximate surface area is 145 Å². The predicted molar refractivity (Wildman–Crippen MR) is 94.4 cm³/mol. The molecular formula is C20H18FNO3. The molecule has 0 unspecified atom stereocenters. The van der Waals surface area contributed by atoms with Gasteiger partial charge in [-0.2, -0.15) is 0 Å². The molecule has 0 fully saturated rings. The summed E-state index contributed by atoms with van der Waals surface area (Å²) in [5.74, 6) is -0.652. The topological polar surface area (TPSA) is 40.5 Å². The van der Waals surface area contributed by atoms with Crippen molar-refractivity contribution >= 4 is 22.9 Å². The number of ether oxygens (including phenoxy) is 2. The average Bonchev–Trinajstić information content (AvgIpc) is 3.04. The van der Waals surface area contributed by atoms with Crippen LogP contribution in [0.15, 0.2) is 60.5 Å². The van der Waals surface area contributed by atoms with Crippen LogP contribution in [-0.2, 0) is 20.8 Å². The first-order chi connectivity index (χ1) is 12.1. The molecule has 5 heteroatoms. The van der Waals surface area contributed by atoms with Gasteiger partial charge in [0.15, 0.2) is 0 Å². The summed E-state index contributed by atoms with van der Waals surface area (Å²) >= 11 is 0. The molecule has 4 nitrogen and oxygen atoms in total. The molecule has 3 aromatic rings. The van der Waals surface area contributed by atoms with E-state index in [1.165, 1.54) is 20.3 Å². The smallest absolute Gasteiger partial charge is 0.373 e. The first kappa shape index (κ1) is 16.8. The molecule has 0 aliphatic carbocycles. The van der Waals surface area contributed by atoms with Crippen LogP contribution in [0.2, 0.25) is 0 Å². The van der Waals surface area contributed by atoms with Crippen LogP contribution in [0.3, 0.4) is 0 Å². The van der Waals surface area contributed by atoms with Crippen LogP contribution in [0, 0.1) is 5.82 Å².